The topological polar surface area (TPSA) is 12.0 Å². The summed E-state index contributed by atoms with van der Waals surface area (Å²) in [5.41, 5.74) is 1.28. The van der Waals surface area contributed by atoms with E-state index in [4.69, 9.17) is 11.6 Å². The molecule has 1 aromatic heterocycles. The Morgan fingerprint density at radius 2 is 1.70 bits per heavy atom. The van der Waals surface area contributed by atoms with Crippen LogP contribution in [0.1, 0.15) is 43.3 Å². The highest BCUT2D eigenvalue weighted by molar-refractivity contribution is 9.11. The Morgan fingerprint density at radius 1 is 1.05 bits per heavy atom. The quantitative estimate of drug-likeness (QED) is 0.657. The summed E-state index contributed by atoms with van der Waals surface area (Å²) in [7, 11) is 0. The van der Waals surface area contributed by atoms with Gasteiger partial charge in [0.15, 0.2) is 0 Å². The Kier molecular flexibility index (Phi) is 5.67. The van der Waals surface area contributed by atoms with Crippen molar-refractivity contribution < 1.29 is 0 Å². The maximum absolute atomic E-state index is 5.98. The second kappa shape index (κ2) is 7.08. The van der Waals surface area contributed by atoms with Crippen molar-refractivity contribution in [2.45, 2.75) is 32.9 Å². The Hall–Kier alpha value is -0.350. The largest absolute Gasteiger partial charge is 0.302 e. The average molecular weight is 373 g/mol. The van der Waals surface area contributed by atoms with Crippen LogP contribution < -0.4 is 5.32 Å². The summed E-state index contributed by atoms with van der Waals surface area (Å²) in [6.45, 7) is 6.69. The summed E-state index contributed by atoms with van der Waals surface area (Å²) in [5, 5.41) is 4.51. The highest BCUT2D eigenvalue weighted by Gasteiger charge is 2.19. The van der Waals surface area contributed by atoms with Crippen molar-refractivity contribution in [3.05, 3.63) is 55.6 Å². The third-order valence-corrected chi connectivity index (χ3v) is 5.40. The third kappa shape index (κ3) is 4.08. The van der Waals surface area contributed by atoms with E-state index in [-0.39, 0.29) is 0 Å². The highest BCUT2D eigenvalue weighted by atomic mass is 79.9. The smallest absolute Gasteiger partial charge is 0.0701 e. The zero-order valence-corrected chi connectivity index (χ0v) is 15.0. The number of rotatable bonds is 5. The lowest BCUT2D eigenvalue weighted by atomic mass is 9.95. The molecule has 0 saturated heterocycles. The lowest BCUT2D eigenvalue weighted by molar-refractivity contribution is 0.377. The molecule has 108 valence electrons. The van der Waals surface area contributed by atoms with Crippen molar-refractivity contribution in [1.29, 1.82) is 0 Å². The van der Waals surface area contributed by atoms with Crippen molar-refractivity contribution in [2.24, 2.45) is 5.92 Å². The van der Waals surface area contributed by atoms with Gasteiger partial charge in [-0.3, -0.25) is 0 Å². The minimum atomic E-state index is 0.322. The van der Waals surface area contributed by atoms with E-state index in [0.717, 1.165) is 5.02 Å². The molecule has 0 radical (unpaired) electrons. The van der Waals surface area contributed by atoms with Gasteiger partial charge in [0, 0.05) is 22.0 Å². The fraction of sp³-hybridized carbons (Fsp3) is 0.375. The van der Waals surface area contributed by atoms with E-state index >= 15 is 0 Å². The van der Waals surface area contributed by atoms with Crippen LogP contribution in [0.4, 0.5) is 0 Å². The first-order valence-electron chi connectivity index (χ1n) is 6.74. The third-order valence-electron chi connectivity index (χ3n) is 3.35. The molecule has 0 fully saturated rings. The molecule has 0 spiro atoms. The number of halogens is 2. The van der Waals surface area contributed by atoms with Crippen LogP contribution in [0.5, 0.6) is 0 Å². The Morgan fingerprint density at radius 3 is 2.20 bits per heavy atom. The predicted molar refractivity (Wildman–Crippen MR) is 92.6 cm³/mol. The Balaban J connectivity index is 2.15. The van der Waals surface area contributed by atoms with Crippen LogP contribution in [0.25, 0.3) is 0 Å². The van der Waals surface area contributed by atoms with Crippen LogP contribution >= 0.6 is 38.9 Å². The molecule has 0 aliphatic carbocycles. The molecule has 0 aliphatic heterocycles. The fourth-order valence-electron chi connectivity index (χ4n) is 2.26. The van der Waals surface area contributed by atoms with E-state index in [2.05, 4.69) is 66.3 Å². The first-order valence-corrected chi connectivity index (χ1v) is 8.73. The summed E-state index contributed by atoms with van der Waals surface area (Å²) in [6, 6.07) is 13.1. The number of benzene rings is 1. The molecule has 20 heavy (non-hydrogen) atoms. The monoisotopic (exact) mass is 371 g/mol. The summed E-state index contributed by atoms with van der Waals surface area (Å²) in [6.07, 6.45) is 0. The SMILES string of the molecule is CC(NC(c1ccc(Cl)cc1)C(C)C)c1ccc(Br)s1. The summed E-state index contributed by atoms with van der Waals surface area (Å²) in [5.74, 6) is 0.516. The zero-order valence-electron chi connectivity index (χ0n) is 11.9. The van der Waals surface area contributed by atoms with Crippen LogP contribution in [0.3, 0.4) is 0 Å². The molecule has 2 aromatic rings. The number of hydrogen-bond donors (Lipinski definition) is 1. The van der Waals surface area contributed by atoms with E-state index in [0.29, 0.717) is 18.0 Å². The molecule has 0 bridgehead atoms. The second-order valence-corrected chi connectivity index (χ2v) is 8.23. The van der Waals surface area contributed by atoms with Crippen LogP contribution in [0, 0.1) is 5.92 Å². The van der Waals surface area contributed by atoms with E-state index in [1.807, 2.05) is 12.1 Å². The minimum Gasteiger partial charge on any atom is -0.302 e. The Labute approximate surface area is 138 Å². The molecule has 1 N–H and O–H groups in total. The van der Waals surface area contributed by atoms with Gasteiger partial charge >= 0.3 is 0 Å². The first kappa shape index (κ1) is 16.0. The molecule has 0 saturated carbocycles. The molecule has 1 heterocycles. The molecule has 0 amide bonds. The van der Waals surface area contributed by atoms with Gasteiger partial charge in [0.25, 0.3) is 0 Å². The molecular formula is C16H19BrClNS. The van der Waals surface area contributed by atoms with Crippen molar-refractivity contribution >= 4 is 38.9 Å². The number of thiophene rings is 1. The summed E-state index contributed by atoms with van der Waals surface area (Å²) in [4.78, 5) is 1.34. The summed E-state index contributed by atoms with van der Waals surface area (Å²) >= 11 is 11.3. The van der Waals surface area contributed by atoms with Crippen LogP contribution in [-0.2, 0) is 0 Å². The van der Waals surface area contributed by atoms with Crippen LogP contribution in [0.15, 0.2) is 40.2 Å². The van der Waals surface area contributed by atoms with E-state index in [9.17, 15) is 0 Å². The van der Waals surface area contributed by atoms with E-state index in [1.165, 1.54) is 14.2 Å². The van der Waals surface area contributed by atoms with Crippen molar-refractivity contribution in [2.75, 3.05) is 0 Å². The average Bonchev–Trinajstić information content (AvgIpc) is 2.83. The van der Waals surface area contributed by atoms with Gasteiger partial charge < -0.3 is 5.32 Å². The van der Waals surface area contributed by atoms with Gasteiger partial charge in [-0.05, 0) is 58.6 Å². The zero-order chi connectivity index (χ0) is 14.7. The molecule has 2 rings (SSSR count). The van der Waals surface area contributed by atoms with E-state index in [1.54, 1.807) is 11.3 Å². The highest BCUT2D eigenvalue weighted by Crippen LogP contribution is 2.31. The molecular weight excluding hydrogens is 354 g/mol. The lowest BCUT2D eigenvalue weighted by Crippen LogP contribution is -2.28. The van der Waals surface area contributed by atoms with Crippen LogP contribution in [-0.4, -0.2) is 0 Å². The maximum Gasteiger partial charge on any atom is 0.0701 e. The predicted octanol–water partition coefficient (Wildman–Crippen LogP) is 6.21. The van der Waals surface area contributed by atoms with Crippen LogP contribution in [0.2, 0.25) is 5.02 Å². The summed E-state index contributed by atoms with van der Waals surface area (Å²) < 4.78 is 1.17. The van der Waals surface area contributed by atoms with E-state index < -0.39 is 0 Å². The molecule has 2 unspecified atom stereocenters. The lowest BCUT2D eigenvalue weighted by Gasteiger charge is -2.26. The van der Waals surface area contributed by atoms with Crippen molar-refractivity contribution in [1.82, 2.24) is 5.32 Å². The first-order chi connectivity index (χ1) is 9.47. The molecule has 0 aliphatic rings. The number of nitrogens with one attached hydrogen (secondary N) is 1. The fourth-order valence-corrected chi connectivity index (χ4v) is 3.82. The number of hydrogen-bond acceptors (Lipinski definition) is 2. The van der Waals surface area contributed by atoms with Gasteiger partial charge in [-0.2, -0.15) is 0 Å². The maximum atomic E-state index is 5.98. The van der Waals surface area contributed by atoms with Gasteiger partial charge in [-0.15, -0.1) is 11.3 Å². The second-order valence-electron chi connectivity index (χ2n) is 5.30. The van der Waals surface area contributed by atoms with Crippen molar-refractivity contribution in [3.63, 3.8) is 0 Å². The van der Waals surface area contributed by atoms with Crippen molar-refractivity contribution in [3.8, 4) is 0 Å². The molecule has 1 aromatic carbocycles. The Bertz CT molecular complexity index is 550. The van der Waals surface area contributed by atoms with Gasteiger partial charge in [0.05, 0.1) is 3.79 Å². The van der Waals surface area contributed by atoms with Gasteiger partial charge in [0.2, 0.25) is 0 Å². The molecule has 2 atom stereocenters. The van der Waals surface area contributed by atoms with Gasteiger partial charge in [-0.25, -0.2) is 0 Å². The molecule has 4 heteroatoms. The standard InChI is InChI=1S/C16H19BrClNS/c1-10(2)16(12-4-6-13(18)7-5-12)19-11(3)14-8-9-15(17)20-14/h4-11,16,19H,1-3H3. The normalized spacial score (nSPS) is 14.5. The van der Waals surface area contributed by atoms with Gasteiger partial charge in [0.1, 0.15) is 0 Å². The van der Waals surface area contributed by atoms with Gasteiger partial charge in [-0.1, -0.05) is 37.6 Å². The molecule has 1 nitrogen and oxygen atoms in total. The minimum absolute atomic E-state index is 0.322.